The summed E-state index contributed by atoms with van der Waals surface area (Å²) < 4.78 is 5.93. The molecule has 2 aromatic heterocycles. The molecule has 1 aliphatic rings. The Morgan fingerprint density at radius 1 is 1.27 bits per heavy atom. The zero-order valence-electron chi connectivity index (χ0n) is 17.0. The Morgan fingerprint density at radius 3 is 2.93 bits per heavy atom. The number of nitrogens with zero attached hydrogens (tertiary/aromatic N) is 4. The lowest BCUT2D eigenvalue weighted by Crippen LogP contribution is -2.52. The molecule has 1 aromatic carbocycles. The number of fused-ring (bicyclic) bond motifs is 1. The van der Waals surface area contributed by atoms with Gasteiger partial charge in [-0.05, 0) is 50.2 Å². The van der Waals surface area contributed by atoms with Crippen molar-refractivity contribution in [1.29, 1.82) is 5.26 Å². The topological polar surface area (TPSA) is 91.1 Å². The maximum Gasteiger partial charge on any atom is 0.251 e. The lowest BCUT2D eigenvalue weighted by molar-refractivity contribution is -0.137. The van der Waals surface area contributed by atoms with Crippen molar-refractivity contribution in [1.82, 2.24) is 15.3 Å². The number of nitrogens with one attached hydrogen (secondary N) is 1. The lowest BCUT2D eigenvalue weighted by atomic mass is 10.1. The largest absolute Gasteiger partial charge is 0.365 e. The molecule has 0 unspecified atom stereocenters. The van der Waals surface area contributed by atoms with Gasteiger partial charge < -0.3 is 15.0 Å². The number of rotatable bonds is 4. The van der Waals surface area contributed by atoms with Crippen molar-refractivity contribution in [2.24, 2.45) is 0 Å². The fourth-order valence-electron chi connectivity index (χ4n) is 3.81. The Labute approximate surface area is 175 Å². The minimum absolute atomic E-state index is 0.117. The molecule has 0 spiro atoms. The van der Waals surface area contributed by atoms with E-state index < -0.39 is 6.10 Å². The minimum Gasteiger partial charge on any atom is -0.365 e. The standard InChI is InChI=1S/C23H23N5O2/c1-15-5-3-6-18(27-15)12-26-23(29)21-14-28(13-16(2)30-21)20-9-8-17(11-24)22-19(20)7-4-10-25-22/h3-10,16,21H,12-14H2,1-2H3,(H,26,29)/t16-,21-/m1/s1. The summed E-state index contributed by atoms with van der Waals surface area (Å²) in [4.78, 5) is 23.7. The number of benzene rings is 1. The van der Waals surface area contributed by atoms with Gasteiger partial charge in [-0.2, -0.15) is 5.26 Å². The van der Waals surface area contributed by atoms with Crippen LogP contribution >= 0.6 is 0 Å². The predicted octanol–water partition coefficient (Wildman–Crippen LogP) is 2.72. The molecule has 4 rings (SSSR count). The highest BCUT2D eigenvalue weighted by atomic mass is 16.5. The molecule has 1 N–H and O–H groups in total. The molecule has 0 saturated carbocycles. The first-order valence-corrected chi connectivity index (χ1v) is 9.93. The number of carbonyl (C=O) groups is 1. The Bertz CT molecular complexity index is 1120. The maximum absolute atomic E-state index is 12.8. The first kappa shape index (κ1) is 19.8. The number of aromatic nitrogens is 2. The average Bonchev–Trinajstić information content (AvgIpc) is 2.76. The molecule has 152 valence electrons. The summed E-state index contributed by atoms with van der Waals surface area (Å²) in [5, 5.41) is 13.2. The Balaban J connectivity index is 1.53. The average molecular weight is 401 g/mol. The highest BCUT2D eigenvalue weighted by Crippen LogP contribution is 2.30. The van der Waals surface area contributed by atoms with Gasteiger partial charge in [0.05, 0.1) is 36.0 Å². The molecule has 2 atom stereocenters. The van der Waals surface area contributed by atoms with E-state index in [1.165, 1.54) is 0 Å². The quantitative estimate of drug-likeness (QED) is 0.723. The number of morpholine rings is 1. The van der Waals surface area contributed by atoms with Gasteiger partial charge in [0, 0.05) is 29.5 Å². The third-order valence-corrected chi connectivity index (χ3v) is 5.15. The van der Waals surface area contributed by atoms with Gasteiger partial charge in [-0.1, -0.05) is 6.07 Å². The predicted molar refractivity (Wildman–Crippen MR) is 114 cm³/mol. The van der Waals surface area contributed by atoms with Gasteiger partial charge in [-0.15, -0.1) is 0 Å². The number of anilines is 1. The van der Waals surface area contributed by atoms with Gasteiger partial charge in [-0.25, -0.2) is 0 Å². The summed E-state index contributed by atoms with van der Waals surface area (Å²) in [6.45, 7) is 5.31. The number of ether oxygens (including phenoxy) is 1. The molecule has 1 saturated heterocycles. The van der Waals surface area contributed by atoms with Gasteiger partial charge in [0.1, 0.15) is 6.07 Å². The van der Waals surface area contributed by atoms with Crippen molar-refractivity contribution in [2.45, 2.75) is 32.6 Å². The van der Waals surface area contributed by atoms with E-state index >= 15 is 0 Å². The number of amides is 1. The smallest absolute Gasteiger partial charge is 0.251 e. The highest BCUT2D eigenvalue weighted by molar-refractivity contribution is 5.95. The molecule has 30 heavy (non-hydrogen) atoms. The second kappa shape index (κ2) is 8.47. The van der Waals surface area contributed by atoms with E-state index in [4.69, 9.17) is 4.74 Å². The van der Waals surface area contributed by atoms with Crippen LogP contribution in [0, 0.1) is 18.3 Å². The summed E-state index contributed by atoms with van der Waals surface area (Å²) in [7, 11) is 0. The third kappa shape index (κ3) is 4.09. The van der Waals surface area contributed by atoms with E-state index in [2.05, 4.69) is 26.3 Å². The number of nitriles is 1. The number of hydrogen-bond donors (Lipinski definition) is 1. The minimum atomic E-state index is -0.596. The van der Waals surface area contributed by atoms with E-state index in [0.29, 0.717) is 30.7 Å². The highest BCUT2D eigenvalue weighted by Gasteiger charge is 2.31. The summed E-state index contributed by atoms with van der Waals surface area (Å²) in [6, 6.07) is 15.4. The van der Waals surface area contributed by atoms with E-state index in [9.17, 15) is 10.1 Å². The third-order valence-electron chi connectivity index (χ3n) is 5.15. The monoisotopic (exact) mass is 401 g/mol. The van der Waals surface area contributed by atoms with Gasteiger partial charge in [0.2, 0.25) is 0 Å². The maximum atomic E-state index is 12.8. The van der Waals surface area contributed by atoms with Gasteiger partial charge in [0.15, 0.2) is 6.10 Å². The van der Waals surface area contributed by atoms with Crippen LogP contribution in [0.4, 0.5) is 5.69 Å². The van der Waals surface area contributed by atoms with Crippen molar-refractivity contribution < 1.29 is 9.53 Å². The molecule has 7 nitrogen and oxygen atoms in total. The summed E-state index contributed by atoms with van der Waals surface area (Å²) in [5.74, 6) is -0.161. The van der Waals surface area contributed by atoms with Crippen molar-refractivity contribution in [2.75, 3.05) is 18.0 Å². The second-order valence-electron chi connectivity index (χ2n) is 7.47. The molecule has 0 radical (unpaired) electrons. The molecule has 3 heterocycles. The fraction of sp³-hybridized carbons (Fsp3) is 0.304. The SMILES string of the molecule is Cc1cccc(CNC(=O)[C@H]2CN(c3ccc(C#N)c4ncccc34)C[C@@H](C)O2)n1. The second-order valence-corrected chi connectivity index (χ2v) is 7.47. The Hall–Kier alpha value is -3.50. The lowest BCUT2D eigenvalue weighted by Gasteiger charge is -2.38. The van der Waals surface area contributed by atoms with Crippen LogP contribution in [-0.2, 0) is 16.1 Å². The zero-order valence-corrected chi connectivity index (χ0v) is 17.0. The first-order valence-electron chi connectivity index (χ1n) is 9.93. The fourth-order valence-corrected chi connectivity index (χ4v) is 3.81. The Morgan fingerprint density at radius 2 is 2.13 bits per heavy atom. The zero-order chi connectivity index (χ0) is 21.1. The molecule has 7 heteroatoms. The van der Waals surface area contributed by atoms with Gasteiger partial charge in [0.25, 0.3) is 5.91 Å². The van der Waals surface area contributed by atoms with Crippen LogP contribution in [0.1, 0.15) is 23.9 Å². The molecule has 1 fully saturated rings. The molecule has 0 bridgehead atoms. The van der Waals surface area contributed by atoms with Crippen LogP contribution in [0.3, 0.4) is 0 Å². The van der Waals surface area contributed by atoms with E-state index in [1.54, 1.807) is 12.3 Å². The van der Waals surface area contributed by atoms with Crippen LogP contribution in [0.5, 0.6) is 0 Å². The number of aryl methyl sites for hydroxylation is 1. The molecule has 1 aliphatic heterocycles. The number of carbonyl (C=O) groups excluding carboxylic acids is 1. The molecule has 1 amide bonds. The number of hydrogen-bond acceptors (Lipinski definition) is 6. The Kier molecular flexibility index (Phi) is 5.59. The van der Waals surface area contributed by atoms with Gasteiger partial charge >= 0.3 is 0 Å². The summed E-state index contributed by atoms with van der Waals surface area (Å²) in [6.07, 6.45) is 0.972. The summed E-state index contributed by atoms with van der Waals surface area (Å²) in [5.41, 5.74) is 3.88. The molecular weight excluding hydrogens is 378 g/mol. The molecule has 3 aromatic rings. The molecular formula is C23H23N5O2. The van der Waals surface area contributed by atoms with E-state index in [1.807, 2.05) is 50.2 Å². The van der Waals surface area contributed by atoms with E-state index in [0.717, 1.165) is 22.5 Å². The van der Waals surface area contributed by atoms with E-state index in [-0.39, 0.29) is 12.0 Å². The van der Waals surface area contributed by atoms with Crippen LogP contribution in [0.15, 0.2) is 48.7 Å². The van der Waals surface area contributed by atoms with Crippen molar-refractivity contribution in [3.63, 3.8) is 0 Å². The van der Waals surface area contributed by atoms with Crippen molar-refractivity contribution in [3.8, 4) is 6.07 Å². The summed E-state index contributed by atoms with van der Waals surface area (Å²) >= 11 is 0. The normalized spacial score (nSPS) is 18.8. The first-order chi connectivity index (χ1) is 14.5. The van der Waals surface area contributed by atoms with Crippen molar-refractivity contribution >= 4 is 22.5 Å². The van der Waals surface area contributed by atoms with Crippen LogP contribution in [-0.4, -0.2) is 41.2 Å². The van der Waals surface area contributed by atoms with Crippen molar-refractivity contribution in [3.05, 3.63) is 65.6 Å². The van der Waals surface area contributed by atoms with Crippen LogP contribution in [0.2, 0.25) is 0 Å². The van der Waals surface area contributed by atoms with Gasteiger partial charge in [-0.3, -0.25) is 14.8 Å². The molecule has 0 aliphatic carbocycles. The van der Waals surface area contributed by atoms with Crippen LogP contribution in [0.25, 0.3) is 10.9 Å². The van der Waals surface area contributed by atoms with Crippen LogP contribution < -0.4 is 10.2 Å². The number of pyridine rings is 2.